The van der Waals surface area contributed by atoms with Crippen molar-refractivity contribution in [3.8, 4) is 0 Å². The largest absolute Gasteiger partial charge is 0.365 e. The molecular weight excluding hydrogens is 270 g/mol. The molecule has 0 aromatic heterocycles. The van der Waals surface area contributed by atoms with Gasteiger partial charge in [0.25, 0.3) is 0 Å². The number of halogens is 1. The second-order valence-electron chi connectivity index (χ2n) is 5.92. The molecule has 2 rings (SSSR count). The second-order valence-corrected chi connectivity index (χ2v) is 6.33. The normalized spacial score (nSPS) is 22.1. The molecule has 1 aliphatic heterocycles. The van der Waals surface area contributed by atoms with Gasteiger partial charge in [-0.25, -0.2) is 0 Å². The summed E-state index contributed by atoms with van der Waals surface area (Å²) in [5.41, 5.74) is 8.61. The third kappa shape index (κ3) is 3.46. The van der Waals surface area contributed by atoms with Crippen molar-refractivity contribution in [2.24, 2.45) is 5.73 Å². The van der Waals surface area contributed by atoms with Crippen LogP contribution >= 0.6 is 11.6 Å². The molecule has 0 aliphatic carbocycles. The number of likely N-dealkylation sites (N-methyl/N-ethyl adjacent to an activating group) is 1. The predicted octanol–water partition coefficient (Wildman–Crippen LogP) is 2.76. The lowest BCUT2D eigenvalue weighted by Gasteiger charge is -2.41. The Balaban J connectivity index is 2.29. The van der Waals surface area contributed by atoms with Crippen LogP contribution in [0.2, 0.25) is 5.02 Å². The first kappa shape index (κ1) is 15.6. The topological polar surface area (TPSA) is 32.5 Å². The number of anilines is 1. The molecule has 2 atom stereocenters. The highest BCUT2D eigenvalue weighted by atomic mass is 35.5. The van der Waals surface area contributed by atoms with Gasteiger partial charge in [-0.2, -0.15) is 0 Å². The zero-order chi connectivity index (χ0) is 14.7. The van der Waals surface area contributed by atoms with Gasteiger partial charge in [-0.05, 0) is 38.4 Å². The molecule has 1 aliphatic rings. The molecule has 0 radical (unpaired) electrons. The molecule has 0 spiro atoms. The average Bonchev–Trinajstić information content (AvgIpc) is 2.40. The lowest BCUT2D eigenvalue weighted by Crippen LogP contribution is -2.51. The van der Waals surface area contributed by atoms with Crippen molar-refractivity contribution in [2.75, 3.05) is 31.6 Å². The van der Waals surface area contributed by atoms with Crippen LogP contribution in [0.15, 0.2) is 18.2 Å². The number of hydrogen-bond acceptors (Lipinski definition) is 3. The number of hydrogen-bond donors (Lipinski definition) is 1. The van der Waals surface area contributed by atoms with E-state index in [4.69, 9.17) is 17.3 Å². The summed E-state index contributed by atoms with van der Waals surface area (Å²) in [5, 5.41) is 0.849. The monoisotopic (exact) mass is 295 g/mol. The van der Waals surface area contributed by atoms with Gasteiger partial charge in [0, 0.05) is 31.7 Å². The SMILES string of the molecule is CCC(N)Cc1cccc(Cl)c1N1CCN(C)CC1C. The third-order valence-corrected chi connectivity index (χ3v) is 4.50. The second kappa shape index (κ2) is 6.79. The lowest BCUT2D eigenvalue weighted by molar-refractivity contribution is 0.275. The van der Waals surface area contributed by atoms with E-state index < -0.39 is 0 Å². The summed E-state index contributed by atoms with van der Waals surface area (Å²) in [6.45, 7) is 7.57. The van der Waals surface area contributed by atoms with E-state index in [2.05, 4.69) is 36.8 Å². The maximum Gasteiger partial charge on any atom is 0.0642 e. The number of nitrogens with zero attached hydrogens (tertiary/aromatic N) is 2. The minimum absolute atomic E-state index is 0.204. The molecule has 1 saturated heterocycles. The van der Waals surface area contributed by atoms with E-state index in [1.807, 2.05) is 12.1 Å². The minimum Gasteiger partial charge on any atom is -0.365 e. The highest BCUT2D eigenvalue weighted by Gasteiger charge is 2.25. The van der Waals surface area contributed by atoms with Gasteiger partial charge in [-0.1, -0.05) is 30.7 Å². The van der Waals surface area contributed by atoms with Crippen molar-refractivity contribution in [3.63, 3.8) is 0 Å². The van der Waals surface area contributed by atoms with Gasteiger partial charge in [0.15, 0.2) is 0 Å². The Kier molecular flexibility index (Phi) is 5.30. The summed E-state index contributed by atoms with van der Waals surface area (Å²) in [5.74, 6) is 0. The van der Waals surface area contributed by atoms with Crippen LogP contribution in [0.4, 0.5) is 5.69 Å². The van der Waals surface area contributed by atoms with Crippen LogP contribution in [0, 0.1) is 0 Å². The molecule has 1 heterocycles. The van der Waals surface area contributed by atoms with E-state index in [-0.39, 0.29) is 6.04 Å². The van der Waals surface area contributed by atoms with Crippen molar-refractivity contribution in [2.45, 2.75) is 38.8 Å². The quantitative estimate of drug-likeness (QED) is 0.927. The van der Waals surface area contributed by atoms with Crippen LogP contribution in [-0.4, -0.2) is 43.7 Å². The smallest absolute Gasteiger partial charge is 0.0642 e. The molecule has 3 nitrogen and oxygen atoms in total. The lowest BCUT2D eigenvalue weighted by atomic mass is 10.0. The standard InChI is InChI=1S/C16H26ClN3/c1-4-14(18)10-13-6-5-7-15(17)16(13)20-9-8-19(3)11-12(20)2/h5-7,12,14H,4,8-11,18H2,1-3H3. The Bertz CT molecular complexity index is 449. The van der Waals surface area contributed by atoms with Crippen molar-refractivity contribution < 1.29 is 0 Å². The molecule has 1 aromatic carbocycles. The predicted molar refractivity (Wildman–Crippen MR) is 87.7 cm³/mol. The van der Waals surface area contributed by atoms with Gasteiger partial charge in [0.2, 0.25) is 0 Å². The minimum atomic E-state index is 0.204. The Morgan fingerprint density at radius 3 is 2.80 bits per heavy atom. The van der Waals surface area contributed by atoms with E-state index in [0.29, 0.717) is 6.04 Å². The summed E-state index contributed by atoms with van der Waals surface area (Å²) in [4.78, 5) is 4.81. The molecule has 112 valence electrons. The number of nitrogens with two attached hydrogens (primary N) is 1. The van der Waals surface area contributed by atoms with Crippen LogP contribution in [0.25, 0.3) is 0 Å². The molecule has 0 bridgehead atoms. The average molecular weight is 296 g/mol. The first-order chi connectivity index (χ1) is 9.52. The maximum atomic E-state index is 6.49. The summed E-state index contributed by atoms with van der Waals surface area (Å²) in [7, 11) is 2.17. The molecule has 4 heteroatoms. The zero-order valence-corrected chi connectivity index (χ0v) is 13.5. The first-order valence-electron chi connectivity index (χ1n) is 7.51. The molecule has 1 fully saturated rings. The number of rotatable bonds is 4. The fourth-order valence-corrected chi connectivity index (χ4v) is 3.25. The van der Waals surface area contributed by atoms with Crippen molar-refractivity contribution in [1.82, 2.24) is 4.90 Å². The summed E-state index contributed by atoms with van der Waals surface area (Å²) >= 11 is 6.49. The molecule has 2 N–H and O–H groups in total. The van der Waals surface area contributed by atoms with Crippen molar-refractivity contribution in [3.05, 3.63) is 28.8 Å². The van der Waals surface area contributed by atoms with E-state index in [9.17, 15) is 0 Å². The van der Waals surface area contributed by atoms with E-state index in [1.165, 1.54) is 11.3 Å². The Morgan fingerprint density at radius 2 is 2.15 bits per heavy atom. The Morgan fingerprint density at radius 1 is 1.40 bits per heavy atom. The van der Waals surface area contributed by atoms with Crippen LogP contribution in [0.5, 0.6) is 0 Å². The molecule has 2 unspecified atom stereocenters. The van der Waals surface area contributed by atoms with Gasteiger partial charge in [0.1, 0.15) is 0 Å². The van der Waals surface area contributed by atoms with Gasteiger partial charge in [0.05, 0.1) is 10.7 Å². The highest BCUT2D eigenvalue weighted by Crippen LogP contribution is 2.33. The van der Waals surface area contributed by atoms with Crippen LogP contribution in [0.3, 0.4) is 0 Å². The van der Waals surface area contributed by atoms with E-state index in [1.54, 1.807) is 0 Å². The highest BCUT2D eigenvalue weighted by molar-refractivity contribution is 6.33. The molecule has 0 saturated carbocycles. The summed E-state index contributed by atoms with van der Waals surface area (Å²) < 4.78 is 0. The molecular formula is C16H26ClN3. The van der Waals surface area contributed by atoms with Crippen molar-refractivity contribution in [1.29, 1.82) is 0 Å². The number of benzene rings is 1. The van der Waals surface area contributed by atoms with Gasteiger partial charge < -0.3 is 15.5 Å². The maximum absolute atomic E-state index is 6.49. The van der Waals surface area contributed by atoms with Crippen LogP contribution < -0.4 is 10.6 Å². The molecule has 0 amide bonds. The summed E-state index contributed by atoms with van der Waals surface area (Å²) in [6, 6.07) is 6.87. The third-order valence-electron chi connectivity index (χ3n) is 4.19. The first-order valence-corrected chi connectivity index (χ1v) is 7.88. The van der Waals surface area contributed by atoms with Gasteiger partial charge >= 0.3 is 0 Å². The van der Waals surface area contributed by atoms with E-state index in [0.717, 1.165) is 37.5 Å². The van der Waals surface area contributed by atoms with E-state index >= 15 is 0 Å². The fraction of sp³-hybridized carbons (Fsp3) is 0.625. The molecule has 20 heavy (non-hydrogen) atoms. The number of para-hydroxylation sites is 1. The fourth-order valence-electron chi connectivity index (χ4n) is 2.95. The van der Waals surface area contributed by atoms with Gasteiger partial charge in [-0.15, -0.1) is 0 Å². The Labute approximate surface area is 127 Å². The van der Waals surface area contributed by atoms with Crippen LogP contribution in [0.1, 0.15) is 25.8 Å². The number of piperazine rings is 1. The van der Waals surface area contributed by atoms with Crippen LogP contribution in [-0.2, 0) is 6.42 Å². The molecule has 1 aromatic rings. The van der Waals surface area contributed by atoms with Gasteiger partial charge in [-0.3, -0.25) is 0 Å². The Hall–Kier alpha value is -0.770. The van der Waals surface area contributed by atoms with Crippen molar-refractivity contribution >= 4 is 17.3 Å². The zero-order valence-electron chi connectivity index (χ0n) is 12.8. The summed E-state index contributed by atoms with van der Waals surface area (Å²) in [6.07, 6.45) is 1.88.